The van der Waals surface area contributed by atoms with Gasteiger partial charge < -0.3 is 29.7 Å². The van der Waals surface area contributed by atoms with Gasteiger partial charge in [0.25, 0.3) is 0 Å². The Labute approximate surface area is 393 Å². The Hall–Kier alpha value is -5.44. The minimum absolute atomic E-state index is 0.0559. The molecule has 4 saturated heterocycles. The third-order valence-corrected chi connectivity index (χ3v) is 15.8. The summed E-state index contributed by atoms with van der Waals surface area (Å²) in [6.45, 7) is 14.6. The molecule has 4 aliphatic heterocycles. The van der Waals surface area contributed by atoms with E-state index in [-0.39, 0.29) is 46.3 Å². The number of anilines is 6. The molecule has 0 saturated carbocycles. The Morgan fingerprint density at radius 3 is 2.27 bits per heavy atom. The zero-order valence-corrected chi connectivity index (χ0v) is 40.1. The number of carbonyl (C=O) groups is 2. The normalized spacial score (nSPS) is 19.1. The molecule has 5 aromatic rings. The lowest BCUT2D eigenvalue weighted by Crippen LogP contribution is -2.64. The molecule has 0 bridgehead atoms. The fourth-order valence-corrected chi connectivity index (χ4v) is 12.1. The summed E-state index contributed by atoms with van der Waals surface area (Å²) in [7, 11) is -2.96. The van der Waals surface area contributed by atoms with Gasteiger partial charge in [-0.2, -0.15) is 4.98 Å². The van der Waals surface area contributed by atoms with E-state index in [4.69, 9.17) is 21.3 Å². The number of rotatable bonds is 12. The van der Waals surface area contributed by atoms with Crippen molar-refractivity contribution < 1.29 is 32.1 Å². The summed E-state index contributed by atoms with van der Waals surface area (Å²) < 4.78 is 65.2. The monoisotopic (exact) mass is 957 g/mol. The number of fused-ring (bicyclic) bond motifs is 1. The Kier molecular flexibility index (Phi) is 12.9. The van der Waals surface area contributed by atoms with Crippen molar-refractivity contribution in [3.63, 3.8) is 0 Å². The molecule has 3 N–H and O–H groups in total. The van der Waals surface area contributed by atoms with Crippen molar-refractivity contribution >= 4 is 81.3 Å². The van der Waals surface area contributed by atoms with Crippen LogP contribution < -0.4 is 35.8 Å². The topological polar surface area (TPSA) is 145 Å². The van der Waals surface area contributed by atoms with E-state index in [0.717, 1.165) is 69.5 Å². The second-order valence-electron chi connectivity index (χ2n) is 18.8. The van der Waals surface area contributed by atoms with Crippen molar-refractivity contribution in [1.82, 2.24) is 25.2 Å². The number of carbonyl (C=O) groups excluding carboxylic acids is 2. The Balaban J connectivity index is 0.831. The van der Waals surface area contributed by atoms with Gasteiger partial charge in [-0.25, -0.2) is 18.2 Å². The van der Waals surface area contributed by atoms with Gasteiger partial charge >= 0.3 is 0 Å². The Morgan fingerprint density at radius 1 is 0.896 bits per heavy atom. The van der Waals surface area contributed by atoms with Gasteiger partial charge in [-0.1, -0.05) is 18.5 Å². The van der Waals surface area contributed by atoms with E-state index < -0.39 is 42.3 Å². The Bertz CT molecular complexity index is 2780. The SMILES string of the molecule is CCOc1cc(N2CCC(N3CC4(CCN(c5cc(F)c([C@H]6CCC(=O)NC6=O)c(F)c5)CC4)C3)CC2)c(CC)cc1Nc1ncc(Cl)c(Nc2ccc3nc(C)c(F)cc3c2P(C)(C)=O)n1. The minimum atomic E-state index is -2.96. The molecule has 2 aromatic heterocycles. The van der Waals surface area contributed by atoms with E-state index in [0.29, 0.717) is 64.8 Å². The number of aryl methyl sites for hydroxylation is 2. The number of benzene rings is 3. The molecule has 9 rings (SSSR count). The summed E-state index contributed by atoms with van der Waals surface area (Å²) in [5.74, 6) is -2.84. The number of halogens is 4. The average Bonchev–Trinajstić information content (AvgIpc) is 3.27. The number of imide groups is 1. The molecule has 13 nitrogen and oxygen atoms in total. The predicted octanol–water partition coefficient (Wildman–Crippen LogP) is 9.19. The molecular weight excluding hydrogens is 902 g/mol. The lowest BCUT2D eigenvalue weighted by atomic mass is 9.70. The van der Waals surface area contributed by atoms with E-state index in [1.54, 1.807) is 32.4 Å². The third kappa shape index (κ3) is 9.41. The lowest BCUT2D eigenvalue weighted by Gasteiger charge is -2.57. The van der Waals surface area contributed by atoms with Gasteiger partial charge in [0.05, 0.1) is 41.3 Å². The van der Waals surface area contributed by atoms with Gasteiger partial charge in [-0.05, 0) is 113 Å². The van der Waals surface area contributed by atoms with Gasteiger partial charge in [0, 0.05) is 85.4 Å². The molecule has 354 valence electrons. The quantitative estimate of drug-likeness (QED) is 0.0810. The van der Waals surface area contributed by atoms with Crippen molar-refractivity contribution in [2.45, 2.75) is 77.7 Å². The first-order valence-corrected chi connectivity index (χ1v) is 26.1. The van der Waals surface area contributed by atoms with Gasteiger partial charge in [0.15, 0.2) is 5.82 Å². The zero-order valence-electron chi connectivity index (χ0n) is 38.4. The highest BCUT2D eigenvalue weighted by atomic mass is 35.5. The molecular formula is C49H56ClF3N9O4P. The summed E-state index contributed by atoms with van der Waals surface area (Å²) in [6.07, 6.45) is 6.35. The molecule has 6 heterocycles. The van der Waals surface area contributed by atoms with E-state index in [1.165, 1.54) is 24.4 Å². The molecule has 18 heteroatoms. The zero-order chi connectivity index (χ0) is 47.4. The third-order valence-electron chi connectivity index (χ3n) is 14.0. The number of hydrogen-bond donors (Lipinski definition) is 3. The van der Waals surface area contributed by atoms with Crippen molar-refractivity contribution in [2.75, 3.05) is 79.6 Å². The van der Waals surface area contributed by atoms with Crippen molar-refractivity contribution in [3.8, 4) is 5.75 Å². The number of aromatic nitrogens is 3. The number of amides is 2. The van der Waals surface area contributed by atoms with E-state index in [2.05, 4.69) is 54.8 Å². The van der Waals surface area contributed by atoms with Crippen LogP contribution in [0.15, 0.2) is 48.7 Å². The van der Waals surface area contributed by atoms with Gasteiger partial charge in [-0.15, -0.1) is 0 Å². The van der Waals surface area contributed by atoms with Crippen LogP contribution in [0.1, 0.15) is 75.1 Å². The Morgan fingerprint density at radius 2 is 1.61 bits per heavy atom. The number of nitrogens with zero attached hydrogens (tertiary/aromatic N) is 6. The maximum absolute atomic E-state index is 15.3. The highest BCUT2D eigenvalue weighted by molar-refractivity contribution is 7.71. The summed E-state index contributed by atoms with van der Waals surface area (Å²) in [6, 6.07) is 12.2. The fraction of sp³-hybridized carbons (Fsp3) is 0.449. The summed E-state index contributed by atoms with van der Waals surface area (Å²) >= 11 is 6.63. The standard InChI is InChI=1S/C49H56ClF3N9O4P/c1-6-29-20-40(57-48-54-25-34(50)46(59-48)56-39-10-9-38-33(45(39)67(4,5)65)23-35(51)28(3)55-38)42(66-7-2)24-41(29)61-16-12-30(13-17-61)62-26-49(27-62)14-18-60(19-15-49)31-21-36(52)44(37(53)22-31)32-8-11-43(63)58-47(32)64/h9-10,20-25,30,32H,6-8,11-19,26-27H2,1-5H3,(H,58,63,64)(H2,54,56,57,59)/t32-/m1/s1. The molecule has 3 aromatic carbocycles. The highest BCUT2D eigenvalue weighted by Gasteiger charge is 2.47. The number of pyridine rings is 1. The maximum Gasteiger partial charge on any atom is 0.234 e. The lowest BCUT2D eigenvalue weighted by molar-refractivity contribution is -0.134. The molecule has 4 fully saturated rings. The molecule has 67 heavy (non-hydrogen) atoms. The van der Waals surface area contributed by atoms with E-state index in [1.807, 2.05) is 11.8 Å². The number of nitrogens with one attached hydrogen (secondary N) is 3. The van der Waals surface area contributed by atoms with E-state index in [9.17, 15) is 18.5 Å². The average molecular weight is 958 g/mol. The summed E-state index contributed by atoms with van der Waals surface area (Å²) in [5.41, 5.74) is 4.69. The highest BCUT2D eigenvalue weighted by Crippen LogP contribution is 2.46. The van der Waals surface area contributed by atoms with Crippen molar-refractivity contribution in [2.24, 2.45) is 5.41 Å². The molecule has 1 atom stereocenters. The fourth-order valence-electron chi connectivity index (χ4n) is 10.5. The van der Waals surface area contributed by atoms with Crippen molar-refractivity contribution in [1.29, 1.82) is 0 Å². The van der Waals surface area contributed by atoms with Crippen LogP contribution >= 0.6 is 18.7 Å². The number of likely N-dealkylation sites (tertiary alicyclic amines) is 1. The minimum Gasteiger partial charge on any atom is -0.492 e. The van der Waals surface area contributed by atoms with Crippen molar-refractivity contribution in [3.05, 3.63) is 88.0 Å². The predicted molar refractivity (Wildman–Crippen MR) is 258 cm³/mol. The van der Waals surface area contributed by atoms with Crippen LogP contribution in [-0.4, -0.2) is 96.9 Å². The molecule has 2 amide bonds. The number of hydrogen-bond acceptors (Lipinski definition) is 12. The van der Waals surface area contributed by atoms with Crippen LogP contribution in [0.2, 0.25) is 5.02 Å². The second-order valence-corrected chi connectivity index (χ2v) is 22.3. The number of piperidine rings is 3. The molecule has 1 spiro atoms. The first kappa shape index (κ1) is 46.7. The second kappa shape index (κ2) is 18.6. The van der Waals surface area contributed by atoms with E-state index >= 15 is 8.78 Å². The molecule has 4 aliphatic rings. The van der Waals surface area contributed by atoms with Crippen LogP contribution in [0, 0.1) is 29.8 Å². The van der Waals surface area contributed by atoms with Gasteiger partial charge in [0.2, 0.25) is 17.8 Å². The van der Waals surface area contributed by atoms with Gasteiger partial charge in [0.1, 0.15) is 35.4 Å². The largest absolute Gasteiger partial charge is 0.492 e. The molecule has 0 unspecified atom stereocenters. The van der Waals surface area contributed by atoms with Crippen LogP contribution in [0.5, 0.6) is 5.75 Å². The molecule has 0 radical (unpaired) electrons. The maximum atomic E-state index is 15.3. The van der Waals surface area contributed by atoms with Crippen LogP contribution in [0.25, 0.3) is 10.9 Å². The van der Waals surface area contributed by atoms with Crippen LogP contribution in [-0.2, 0) is 20.6 Å². The number of ether oxygens (including phenoxy) is 1. The summed E-state index contributed by atoms with van der Waals surface area (Å²) in [5, 5.41) is 9.96. The van der Waals surface area contributed by atoms with Crippen LogP contribution in [0.3, 0.4) is 0 Å². The van der Waals surface area contributed by atoms with Gasteiger partial charge in [-0.3, -0.25) is 24.8 Å². The first-order valence-electron chi connectivity index (χ1n) is 23.1. The smallest absolute Gasteiger partial charge is 0.234 e. The first-order chi connectivity index (χ1) is 32.0. The van der Waals surface area contributed by atoms with Crippen LogP contribution in [0.4, 0.5) is 47.7 Å². The molecule has 0 aliphatic carbocycles. The summed E-state index contributed by atoms with van der Waals surface area (Å²) in [4.78, 5) is 44.6.